The predicted octanol–water partition coefficient (Wildman–Crippen LogP) is 3.04. The molecule has 84 valence electrons. The highest BCUT2D eigenvalue weighted by Gasteiger charge is 2.24. The number of halogens is 3. The summed E-state index contributed by atoms with van der Waals surface area (Å²) in [6.45, 7) is 3.42. The summed E-state index contributed by atoms with van der Waals surface area (Å²) in [6, 6.07) is -0.0313. The van der Waals surface area contributed by atoms with Crippen molar-refractivity contribution in [1.29, 1.82) is 0 Å². The Hall–Kier alpha value is -0.680. The van der Waals surface area contributed by atoms with Crippen molar-refractivity contribution in [2.75, 3.05) is 0 Å². The van der Waals surface area contributed by atoms with Crippen molar-refractivity contribution in [1.82, 2.24) is 0 Å². The van der Waals surface area contributed by atoms with E-state index in [0.29, 0.717) is 10.0 Å². The fourth-order valence-electron chi connectivity index (χ4n) is 1.50. The zero-order valence-electron chi connectivity index (χ0n) is 8.39. The summed E-state index contributed by atoms with van der Waals surface area (Å²) >= 11 is 3.27. The van der Waals surface area contributed by atoms with Crippen LogP contribution in [0.5, 0.6) is 5.75 Å². The summed E-state index contributed by atoms with van der Waals surface area (Å²) in [7, 11) is 0. The first-order chi connectivity index (χ1) is 6.86. The Morgan fingerprint density at radius 1 is 1.40 bits per heavy atom. The predicted molar refractivity (Wildman–Crippen MR) is 58.2 cm³/mol. The van der Waals surface area contributed by atoms with Gasteiger partial charge < -0.3 is 10.8 Å². The first-order valence-electron chi connectivity index (χ1n) is 4.38. The number of hydrogen-bond donors (Lipinski definition) is 2. The average molecular weight is 280 g/mol. The van der Waals surface area contributed by atoms with Crippen LogP contribution in [0, 0.1) is 13.8 Å². The Morgan fingerprint density at radius 3 is 2.40 bits per heavy atom. The van der Waals surface area contributed by atoms with Crippen molar-refractivity contribution in [2.45, 2.75) is 26.3 Å². The van der Waals surface area contributed by atoms with E-state index in [1.807, 2.05) is 0 Å². The van der Waals surface area contributed by atoms with Crippen molar-refractivity contribution in [3.63, 3.8) is 0 Å². The molecule has 0 saturated heterocycles. The van der Waals surface area contributed by atoms with Crippen molar-refractivity contribution in [3.8, 4) is 5.75 Å². The number of nitrogens with two attached hydrogens (primary N) is 1. The Kier molecular flexibility index (Phi) is 3.67. The van der Waals surface area contributed by atoms with E-state index in [9.17, 15) is 13.9 Å². The summed E-state index contributed by atoms with van der Waals surface area (Å²) < 4.78 is 25.6. The Bertz CT molecular complexity index is 382. The van der Waals surface area contributed by atoms with Crippen LogP contribution < -0.4 is 5.73 Å². The lowest BCUT2D eigenvalue weighted by Gasteiger charge is -2.17. The van der Waals surface area contributed by atoms with Gasteiger partial charge in [0.1, 0.15) is 5.75 Å². The minimum absolute atomic E-state index is 0.0995. The highest BCUT2D eigenvalue weighted by Crippen LogP contribution is 2.36. The number of rotatable bonds is 2. The van der Waals surface area contributed by atoms with E-state index in [2.05, 4.69) is 15.9 Å². The van der Waals surface area contributed by atoms with Crippen molar-refractivity contribution in [2.24, 2.45) is 5.73 Å². The van der Waals surface area contributed by atoms with Gasteiger partial charge >= 0.3 is 0 Å². The average Bonchev–Trinajstić information content (AvgIpc) is 2.14. The third-order valence-corrected chi connectivity index (χ3v) is 3.53. The summed E-state index contributed by atoms with van der Waals surface area (Å²) in [5.74, 6) is -0.180. The molecular weight excluding hydrogens is 268 g/mol. The zero-order chi connectivity index (χ0) is 11.7. The van der Waals surface area contributed by atoms with Crippen molar-refractivity contribution in [3.05, 3.63) is 27.2 Å². The lowest BCUT2D eigenvalue weighted by Crippen LogP contribution is -2.20. The molecule has 0 aromatic heterocycles. The van der Waals surface area contributed by atoms with Crippen LogP contribution in [0.25, 0.3) is 0 Å². The number of phenols is 1. The molecule has 0 heterocycles. The third-order valence-electron chi connectivity index (χ3n) is 2.31. The van der Waals surface area contributed by atoms with Gasteiger partial charge in [0, 0.05) is 10.0 Å². The highest BCUT2D eigenvalue weighted by atomic mass is 79.9. The molecular formula is C10H12BrF2NO. The molecule has 0 aliphatic rings. The lowest BCUT2D eigenvalue weighted by molar-refractivity contribution is 0.115. The molecule has 0 unspecified atom stereocenters. The summed E-state index contributed by atoms with van der Waals surface area (Å²) in [5.41, 5.74) is 6.77. The maximum atomic E-state index is 12.5. The highest BCUT2D eigenvalue weighted by molar-refractivity contribution is 9.10. The van der Waals surface area contributed by atoms with E-state index in [-0.39, 0.29) is 11.3 Å². The number of phenolic OH excluding ortho intramolecular Hbond substituents is 1. The van der Waals surface area contributed by atoms with Gasteiger partial charge in [0.05, 0.1) is 6.04 Å². The second kappa shape index (κ2) is 4.45. The minimum Gasteiger partial charge on any atom is -0.508 e. The van der Waals surface area contributed by atoms with Gasteiger partial charge in [-0.3, -0.25) is 0 Å². The van der Waals surface area contributed by atoms with E-state index in [1.165, 1.54) is 6.07 Å². The van der Waals surface area contributed by atoms with E-state index in [0.717, 1.165) is 5.56 Å². The molecule has 1 atom stereocenters. The number of aromatic hydroxyl groups is 1. The fraction of sp³-hybridized carbons (Fsp3) is 0.400. The van der Waals surface area contributed by atoms with Gasteiger partial charge in [0.2, 0.25) is 0 Å². The second-order valence-electron chi connectivity index (χ2n) is 3.43. The van der Waals surface area contributed by atoms with Crippen molar-refractivity contribution >= 4 is 15.9 Å². The normalized spacial score (nSPS) is 13.3. The lowest BCUT2D eigenvalue weighted by atomic mass is 9.98. The second-order valence-corrected chi connectivity index (χ2v) is 4.22. The number of aryl methyl sites for hydroxylation is 1. The standard InChI is InChI=1S/C10H12BrF2NO/c1-4-3-6(15)7(5(2)8(4)11)9(14)10(12)13/h3,9-10,15H,14H2,1-2H3/t9-/m0/s1. The first-order valence-corrected chi connectivity index (χ1v) is 5.17. The van der Waals surface area contributed by atoms with Crippen LogP contribution in [0.4, 0.5) is 8.78 Å². The van der Waals surface area contributed by atoms with Crippen LogP contribution in [0.15, 0.2) is 10.5 Å². The Balaban J connectivity index is 3.36. The van der Waals surface area contributed by atoms with Crippen LogP contribution in [0.2, 0.25) is 0 Å². The van der Waals surface area contributed by atoms with Gasteiger partial charge in [0.15, 0.2) is 0 Å². The SMILES string of the molecule is Cc1cc(O)c([C@H](N)C(F)F)c(C)c1Br. The molecule has 2 nitrogen and oxygen atoms in total. The topological polar surface area (TPSA) is 46.2 Å². The van der Waals surface area contributed by atoms with E-state index >= 15 is 0 Å². The molecule has 15 heavy (non-hydrogen) atoms. The molecule has 0 saturated carbocycles. The largest absolute Gasteiger partial charge is 0.508 e. The molecule has 0 bridgehead atoms. The molecule has 5 heteroatoms. The van der Waals surface area contributed by atoms with Gasteiger partial charge in [-0.25, -0.2) is 8.78 Å². The monoisotopic (exact) mass is 279 g/mol. The van der Waals surface area contributed by atoms with Crippen molar-refractivity contribution < 1.29 is 13.9 Å². The Labute approximate surface area is 95.2 Å². The third kappa shape index (κ3) is 2.29. The van der Waals surface area contributed by atoms with Crippen LogP contribution in [-0.2, 0) is 0 Å². The van der Waals surface area contributed by atoms with Gasteiger partial charge in [-0.15, -0.1) is 0 Å². The number of benzene rings is 1. The molecule has 0 spiro atoms. The molecule has 1 aromatic rings. The smallest absolute Gasteiger partial charge is 0.257 e. The van der Waals surface area contributed by atoms with Gasteiger partial charge in [0.25, 0.3) is 6.43 Å². The fourth-order valence-corrected chi connectivity index (χ4v) is 1.83. The summed E-state index contributed by atoms with van der Waals surface area (Å²) in [6.07, 6.45) is -2.69. The van der Waals surface area contributed by atoms with Gasteiger partial charge in [-0.2, -0.15) is 0 Å². The molecule has 1 aromatic carbocycles. The van der Waals surface area contributed by atoms with E-state index in [1.54, 1.807) is 13.8 Å². The summed E-state index contributed by atoms with van der Waals surface area (Å²) in [5, 5.41) is 9.58. The molecule has 0 aliphatic carbocycles. The molecule has 0 aliphatic heterocycles. The Morgan fingerprint density at radius 2 is 1.93 bits per heavy atom. The molecule has 0 amide bonds. The van der Waals surface area contributed by atoms with Gasteiger partial charge in [-0.05, 0) is 31.0 Å². The maximum absolute atomic E-state index is 12.5. The van der Waals surface area contributed by atoms with Crippen LogP contribution in [-0.4, -0.2) is 11.5 Å². The first kappa shape index (κ1) is 12.4. The zero-order valence-corrected chi connectivity index (χ0v) is 9.98. The van der Waals surface area contributed by atoms with Crippen LogP contribution in [0.3, 0.4) is 0 Å². The van der Waals surface area contributed by atoms with Crippen LogP contribution in [0.1, 0.15) is 22.7 Å². The van der Waals surface area contributed by atoms with Crippen LogP contribution >= 0.6 is 15.9 Å². The molecule has 0 fully saturated rings. The molecule has 0 radical (unpaired) electrons. The van der Waals surface area contributed by atoms with E-state index in [4.69, 9.17) is 5.73 Å². The van der Waals surface area contributed by atoms with Gasteiger partial charge in [-0.1, -0.05) is 15.9 Å². The van der Waals surface area contributed by atoms with E-state index < -0.39 is 12.5 Å². The molecule has 1 rings (SSSR count). The minimum atomic E-state index is -2.69. The summed E-state index contributed by atoms with van der Waals surface area (Å²) in [4.78, 5) is 0. The quantitative estimate of drug-likeness (QED) is 0.874. The molecule has 3 N–H and O–H groups in total. The number of alkyl halides is 2. The number of hydrogen-bond acceptors (Lipinski definition) is 2. The maximum Gasteiger partial charge on any atom is 0.257 e.